The van der Waals surface area contributed by atoms with Crippen molar-refractivity contribution in [2.45, 2.75) is 26.3 Å². The summed E-state index contributed by atoms with van der Waals surface area (Å²) in [7, 11) is 0. The summed E-state index contributed by atoms with van der Waals surface area (Å²) >= 11 is 0. The normalized spacial score (nSPS) is 11.5. The Morgan fingerprint density at radius 2 is 2.40 bits per heavy atom. The lowest BCUT2D eigenvalue weighted by Gasteiger charge is -2.12. The van der Waals surface area contributed by atoms with Gasteiger partial charge in [-0.25, -0.2) is 0 Å². The Morgan fingerprint density at radius 1 is 1.60 bits per heavy atom. The Kier molecular flexibility index (Phi) is 4.49. The first kappa shape index (κ1) is 11.4. The van der Waals surface area contributed by atoms with Gasteiger partial charge in [0.2, 0.25) is 5.88 Å². The van der Waals surface area contributed by atoms with Gasteiger partial charge < -0.3 is 10.1 Å². The second-order valence-corrected chi connectivity index (χ2v) is 3.25. The van der Waals surface area contributed by atoms with Crippen molar-refractivity contribution in [2.24, 2.45) is 0 Å². The maximum atomic E-state index is 5.30. The van der Waals surface area contributed by atoms with Gasteiger partial charge in [0.15, 0.2) is 0 Å². The van der Waals surface area contributed by atoms with Gasteiger partial charge in [0.1, 0.15) is 5.82 Å². The molecule has 3 nitrogen and oxygen atoms in total. The highest BCUT2D eigenvalue weighted by Gasteiger charge is 2.02. The summed E-state index contributed by atoms with van der Waals surface area (Å²) in [4.78, 5) is 4.28. The molecule has 0 bridgehead atoms. The quantitative estimate of drug-likeness (QED) is 0.747. The number of aromatic nitrogens is 1. The van der Waals surface area contributed by atoms with Gasteiger partial charge in [-0.2, -0.15) is 4.98 Å². The van der Waals surface area contributed by atoms with Gasteiger partial charge >= 0.3 is 0 Å². The lowest BCUT2D eigenvalue weighted by molar-refractivity contribution is 0.327. The Hall–Kier alpha value is -1.69. The second-order valence-electron chi connectivity index (χ2n) is 3.25. The zero-order valence-electron chi connectivity index (χ0n) is 9.16. The maximum absolute atomic E-state index is 5.30. The summed E-state index contributed by atoms with van der Waals surface area (Å²) < 4.78 is 5.30. The highest BCUT2D eigenvalue weighted by Crippen LogP contribution is 2.12. The van der Waals surface area contributed by atoms with Crippen LogP contribution in [0.1, 0.15) is 20.3 Å². The highest BCUT2D eigenvalue weighted by atomic mass is 16.5. The first-order chi connectivity index (χ1) is 7.26. The zero-order valence-corrected chi connectivity index (χ0v) is 9.16. The van der Waals surface area contributed by atoms with Crippen molar-refractivity contribution in [3.05, 3.63) is 18.2 Å². The molecule has 0 amide bonds. The minimum Gasteiger partial charge on any atom is -0.478 e. The van der Waals surface area contributed by atoms with Crippen LogP contribution in [0.25, 0.3) is 0 Å². The van der Waals surface area contributed by atoms with E-state index in [-0.39, 0.29) is 6.04 Å². The molecule has 15 heavy (non-hydrogen) atoms. The molecule has 0 spiro atoms. The van der Waals surface area contributed by atoms with E-state index in [1.165, 1.54) is 0 Å². The van der Waals surface area contributed by atoms with Crippen molar-refractivity contribution in [3.8, 4) is 18.2 Å². The van der Waals surface area contributed by atoms with E-state index in [4.69, 9.17) is 11.2 Å². The van der Waals surface area contributed by atoms with Crippen molar-refractivity contribution in [3.63, 3.8) is 0 Å². The molecule has 0 aliphatic carbocycles. The number of nitrogens with one attached hydrogen (secondary N) is 1. The number of ether oxygens (including phenoxy) is 1. The molecule has 0 saturated heterocycles. The maximum Gasteiger partial charge on any atom is 0.215 e. The van der Waals surface area contributed by atoms with Gasteiger partial charge in [-0.05, 0) is 19.9 Å². The summed E-state index contributed by atoms with van der Waals surface area (Å²) in [5.74, 6) is 4.04. The topological polar surface area (TPSA) is 34.1 Å². The molecule has 1 aromatic rings. The first-order valence-electron chi connectivity index (χ1n) is 5.06. The van der Waals surface area contributed by atoms with Crippen LogP contribution in [0.4, 0.5) is 5.82 Å². The van der Waals surface area contributed by atoms with Crippen molar-refractivity contribution in [2.75, 3.05) is 11.9 Å². The molecule has 1 rings (SSSR count). The van der Waals surface area contributed by atoms with Crippen LogP contribution < -0.4 is 10.1 Å². The Bertz CT molecular complexity index is 344. The van der Waals surface area contributed by atoms with Crippen LogP contribution in [-0.4, -0.2) is 17.6 Å². The second kappa shape index (κ2) is 5.92. The van der Waals surface area contributed by atoms with Crippen molar-refractivity contribution >= 4 is 5.82 Å². The van der Waals surface area contributed by atoms with E-state index >= 15 is 0 Å². The van der Waals surface area contributed by atoms with Gasteiger partial charge in [-0.15, -0.1) is 12.3 Å². The molecular formula is C12H16N2O. The van der Waals surface area contributed by atoms with E-state index in [9.17, 15) is 0 Å². The molecule has 1 unspecified atom stereocenters. The van der Waals surface area contributed by atoms with Crippen LogP contribution in [0.2, 0.25) is 0 Å². The standard InChI is InChI=1S/C12H16N2O/c1-4-7-10(3)13-11-8-6-9-12(14-11)15-5-2/h1,6,8-10H,5,7H2,2-3H3,(H,13,14). The van der Waals surface area contributed by atoms with Crippen molar-refractivity contribution < 1.29 is 4.74 Å². The highest BCUT2D eigenvalue weighted by molar-refractivity contribution is 5.38. The van der Waals surface area contributed by atoms with Crippen LogP contribution in [-0.2, 0) is 0 Å². The average molecular weight is 204 g/mol. The minimum atomic E-state index is 0.222. The third-order valence-electron chi connectivity index (χ3n) is 1.83. The molecule has 80 valence electrons. The summed E-state index contributed by atoms with van der Waals surface area (Å²) in [5, 5.41) is 3.21. The van der Waals surface area contributed by atoms with Crippen LogP contribution in [0.5, 0.6) is 5.88 Å². The van der Waals surface area contributed by atoms with Crippen molar-refractivity contribution in [1.29, 1.82) is 0 Å². The Balaban J connectivity index is 2.61. The fourth-order valence-corrected chi connectivity index (χ4v) is 1.20. The van der Waals surface area contributed by atoms with Crippen LogP contribution in [0.3, 0.4) is 0 Å². The molecule has 0 aliphatic heterocycles. The fraction of sp³-hybridized carbons (Fsp3) is 0.417. The van der Waals surface area contributed by atoms with Crippen molar-refractivity contribution in [1.82, 2.24) is 4.98 Å². The van der Waals surface area contributed by atoms with E-state index in [2.05, 4.69) is 16.2 Å². The zero-order chi connectivity index (χ0) is 11.1. The smallest absolute Gasteiger partial charge is 0.215 e. The Morgan fingerprint density at radius 3 is 3.07 bits per heavy atom. The predicted molar refractivity (Wildman–Crippen MR) is 61.9 cm³/mol. The van der Waals surface area contributed by atoms with Crippen LogP contribution in [0.15, 0.2) is 18.2 Å². The van der Waals surface area contributed by atoms with E-state index in [1.54, 1.807) is 0 Å². The van der Waals surface area contributed by atoms with E-state index in [0.29, 0.717) is 18.9 Å². The molecule has 0 fully saturated rings. The number of anilines is 1. The number of terminal acetylenes is 1. The third-order valence-corrected chi connectivity index (χ3v) is 1.83. The van der Waals surface area contributed by atoms with Gasteiger partial charge in [-0.1, -0.05) is 6.07 Å². The van der Waals surface area contributed by atoms with E-state index in [0.717, 1.165) is 5.82 Å². The molecule has 0 radical (unpaired) electrons. The van der Waals surface area contributed by atoms with E-state index < -0.39 is 0 Å². The molecule has 0 aromatic carbocycles. The predicted octanol–water partition coefficient (Wildman–Crippen LogP) is 2.30. The SMILES string of the molecule is C#CCC(C)Nc1cccc(OCC)n1. The molecule has 3 heteroatoms. The number of hydrogen-bond acceptors (Lipinski definition) is 3. The largest absolute Gasteiger partial charge is 0.478 e. The van der Waals surface area contributed by atoms with E-state index in [1.807, 2.05) is 32.0 Å². The number of hydrogen-bond donors (Lipinski definition) is 1. The lowest BCUT2D eigenvalue weighted by atomic mass is 10.2. The molecule has 1 N–H and O–H groups in total. The van der Waals surface area contributed by atoms with Crippen LogP contribution >= 0.6 is 0 Å². The summed E-state index contributed by atoms with van der Waals surface area (Å²) in [6.07, 6.45) is 5.91. The molecular weight excluding hydrogens is 188 g/mol. The summed E-state index contributed by atoms with van der Waals surface area (Å²) in [6, 6.07) is 5.86. The number of rotatable bonds is 5. The summed E-state index contributed by atoms with van der Waals surface area (Å²) in [6.45, 7) is 4.58. The van der Waals surface area contributed by atoms with Gasteiger partial charge in [0.25, 0.3) is 0 Å². The van der Waals surface area contributed by atoms with Gasteiger partial charge in [0.05, 0.1) is 6.61 Å². The average Bonchev–Trinajstić information content (AvgIpc) is 2.19. The molecule has 0 saturated carbocycles. The van der Waals surface area contributed by atoms with Gasteiger partial charge in [0, 0.05) is 18.5 Å². The molecule has 0 aliphatic rings. The van der Waals surface area contributed by atoms with Gasteiger partial charge in [-0.3, -0.25) is 0 Å². The third kappa shape index (κ3) is 3.90. The Labute approximate surface area is 90.9 Å². The monoisotopic (exact) mass is 204 g/mol. The fourth-order valence-electron chi connectivity index (χ4n) is 1.20. The minimum absolute atomic E-state index is 0.222. The summed E-state index contributed by atoms with van der Waals surface area (Å²) in [5.41, 5.74) is 0. The molecule has 1 atom stereocenters. The molecule has 1 aromatic heterocycles. The number of pyridine rings is 1. The molecule has 1 heterocycles. The first-order valence-corrected chi connectivity index (χ1v) is 5.06. The van der Waals surface area contributed by atoms with Crippen LogP contribution in [0, 0.1) is 12.3 Å². The number of nitrogens with zero attached hydrogens (tertiary/aromatic N) is 1. The lowest BCUT2D eigenvalue weighted by Crippen LogP contribution is -2.15.